The van der Waals surface area contributed by atoms with Crippen molar-refractivity contribution in [1.29, 1.82) is 0 Å². The van der Waals surface area contributed by atoms with Gasteiger partial charge in [-0.15, -0.1) is 11.6 Å². The van der Waals surface area contributed by atoms with Crippen LogP contribution in [0, 0.1) is 0 Å². The van der Waals surface area contributed by atoms with E-state index >= 15 is 0 Å². The second kappa shape index (κ2) is 6.55. The molecule has 2 rings (SSSR count). The van der Waals surface area contributed by atoms with E-state index in [1.165, 1.54) is 0 Å². The smallest absolute Gasteiger partial charge is 0.242 e. The molecule has 1 heterocycles. The number of rotatable bonds is 3. The summed E-state index contributed by atoms with van der Waals surface area (Å²) in [6, 6.07) is 3.39. The van der Waals surface area contributed by atoms with Gasteiger partial charge in [-0.05, 0) is 31.5 Å². The summed E-state index contributed by atoms with van der Waals surface area (Å²) in [7, 11) is 0. The third kappa shape index (κ3) is 3.49. The van der Waals surface area contributed by atoms with Gasteiger partial charge < -0.3 is 14.8 Å². The first-order valence-electron chi connectivity index (χ1n) is 6.52. The van der Waals surface area contributed by atoms with E-state index in [9.17, 15) is 4.79 Å². The van der Waals surface area contributed by atoms with Crippen LogP contribution in [0.25, 0.3) is 0 Å². The summed E-state index contributed by atoms with van der Waals surface area (Å²) in [4.78, 5) is 11.9. The van der Waals surface area contributed by atoms with Gasteiger partial charge in [0.25, 0.3) is 0 Å². The lowest BCUT2D eigenvalue weighted by Crippen LogP contribution is -2.32. The van der Waals surface area contributed by atoms with Gasteiger partial charge in [-0.3, -0.25) is 4.79 Å². The normalized spacial score (nSPS) is 15.7. The monoisotopic (exact) mass is 317 g/mol. The van der Waals surface area contributed by atoms with Crippen molar-refractivity contribution in [2.24, 2.45) is 0 Å². The van der Waals surface area contributed by atoms with Crippen LogP contribution in [0.4, 0.5) is 0 Å². The molecule has 6 heteroatoms. The van der Waals surface area contributed by atoms with E-state index in [2.05, 4.69) is 5.32 Å². The average molecular weight is 318 g/mol. The number of fused-ring (bicyclic) bond motifs is 1. The largest absolute Gasteiger partial charge is 0.489 e. The summed E-state index contributed by atoms with van der Waals surface area (Å²) in [5.41, 5.74) is 0.596. The number of hydrogen-bond donors (Lipinski definition) is 1. The molecule has 110 valence electrons. The molecule has 0 fully saturated rings. The molecule has 0 bridgehead atoms. The van der Waals surface area contributed by atoms with Crippen LogP contribution in [-0.2, 0) is 4.79 Å². The maximum Gasteiger partial charge on any atom is 0.242 e. The predicted octanol–water partition coefficient (Wildman–Crippen LogP) is 3.31. The first-order valence-corrected chi connectivity index (χ1v) is 7.34. The Morgan fingerprint density at radius 2 is 2.00 bits per heavy atom. The van der Waals surface area contributed by atoms with Crippen LogP contribution in [0.2, 0.25) is 5.02 Å². The van der Waals surface area contributed by atoms with Crippen molar-refractivity contribution in [3.05, 3.63) is 22.7 Å². The molecule has 1 atom stereocenters. The van der Waals surface area contributed by atoms with Crippen molar-refractivity contribution in [3.63, 3.8) is 0 Å². The number of carbonyl (C=O) groups excluding carboxylic acids is 1. The minimum Gasteiger partial charge on any atom is -0.489 e. The number of benzene rings is 1. The number of halogens is 2. The van der Waals surface area contributed by atoms with Gasteiger partial charge in [-0.1, -0.05) is 11.6 Å². The Labute approximate surface area is 128 Å². The molecular weight excluding hydrogens is 301 g/mol. The lowest BCUT2D eigenvalue weighted by atomic mass is 10.1. The van der Waals surface area contributed by atoms with Gasteiger partial charge >= 0.3 is 0 Å². The Balaban J connectivity index is 2.27. The fraction of sp³-hybridized carbons (Fsp3) is 0.500. The molecule has 4 nitrogen and oxygen atoms in total. The summed E-state index contributed by atoms with van der Waals surface area (Å²) in [5.74, 6) is 0.793. The SMILES string of the molecule is CC(C)NC(=O)C(Cl)c1cc(Cl)c2c(c1)OCCCO2. The van der Waals surface area contributed by atoms with E-state index in [1.807, 2.05) is 13.8 Å². The van der Waals surface area contributed by atoms with Crippen LogP contribution in [-0.4, -0.2) is 25.2 Å². The molecule has 1 amide bonds. The number of amides is 1. The zero-order valence-electron chi connectivity index (χ0n) is 11.4. The minimum atomic E-state index is -0.813. The van der Waals surface area contributed by atoms with Crippen LogP contribution in [0.5, 0.6) is 11.5 Å². The van der Waals surface area contributed by atoms with Gasteiger partial charge in [0.2, 0.25) is 5.91 Å². The Morgan fingerprint density at radius 3 is 2.70 bits per heavy atom. The van der Waals surface area contributed by atoms with E-state index in [0.29, 0.717) is 35.3 Å². The number of nitrogens with one attached hydrogen (secondary N) is 1. The van der Waals surface area contributed by atoms with Gasteiger partial charge in [0, 0.05) is 12.5 Å². The van der Waals surface area contributed by atoms with Crippen molar-refractivity contribution in [2.45, 2.75) is 31.7 Å². The fourth-order valence-electron chi connectivity index (χ4n) is 1.91. The van der Waals surface area contributed by atoms with E-state index in [4.69, 9.17) is 32.7 Å². The van der Waals surface area contributed by atoms with Crippen molar-refractivity contribution in [3.8, 4) is 11.5 Å². The summed E-state index contributed by atoms with van der Waals surface area (Å²) < 4.78 is 11.1. The number of hydrogen-bond acceptors (Lipinski definition) is 3. The molecule has 1 aliphatic heterocycles. The van der Waals surface area contributed by atoms with Crippen molar-refractivity contribution >= 4 is 29.1 Å². The van der Waals surface area contributed by atoms with Crippen LogP contribution >= 0.6 is 23.2 Å². The van der Waals surface area contributed by atoms with E-state index < -0.39 is 5.38 Å². The van der Waals surface area contributed by atoms with E-state index in [-0.39, 0.29) is 11.9 Å². The molecule has 1 N–H and O–H groups in total. The highest BCUT2D eigenvalue weighted by Gasteiger charge is 2.23. The third-order valence-corrected chi connectivity index (χ3v) is 3.51. The molecule has 0 saturated heterocycles. The first kappa shape index (κ1) is 15.3. The summed E-state index contributed by atoms with van der Waals surface area (Å²) in [5, 5.41) is 2.36. The zero-order valence-corrected chi connectivity index (χ0v) is 12.9. The second-order valence-electron chi connectivity index (χ2n) is 4.91. The standard InChI is InChI=1S/C14H17Cl2NO3/c1-8(2)17-14(18)12(16)9-6-10(15)13-11(7-9)19-4-3-5-20-13/h6-8,12H,3-5H2,1-2H3,(H,17,18). The quantitative estimate of drug-likeness (QED) is 0.870. The maximum atomic E-state index is 11.9. The summed E-state index contributed by atoms with van der Waals surface area (Å²) >= 11 is 12.4. The summed E-state index contributed by atoms with van der Waals surface area (Å²) in [6.45, 7) is 4.87. The van der Waals surface area contributed by atoms with Crippen molar-refractivity contribution < 1.29 is 14.3 Å². The Morgan fingerprint density at radius 1 is 1.30 bits per heavy atom. The van der Waals surface area contributed by atoms with Crippen LogP contribution in [0.3, 0.4) is 0 Å². The predicted molar refractivity (Wildman–Crippen MR) is 78.9 cm³/mol. The highest BCUT2D eigenvalue weighted by Crippen LogP contribution is 2.40. The minimum absolute atomic E-state index is 0.0274. The Kier molecular flexibility index (Phi) is 5.00. The highest BCUT2D eigenvalue weighted by atomic mass is 35.5. The Bertz CT molecular complexity index is 505. The van der Waals surface area contributed by atoms with Gasteiger partial charge in [-0.2, -0.15) is 0 Å². The molecule has 0 radical (unpaired) electrons. The highest BCUT2D eigenvalue weighted by molar-refractivity contribution is 6.33. The molecule has 20 heavy (non-hydrogen) atoms. The average Bonchev–Trinajstić information content (AvgIpc) is 2.62. The molecule has 1 unspecified atom stereocenters. The number of ether oxygens (including phenoxy) is 2. The van der Waals surface area contributed by atoms with Crippen LogP contribution < -0.4 is 14.8 Å². The van der Waals surface area contributed by atoms with Gasteiger partial charge in [-0.25, -0.2) is 0 Å². The van der Waals surface area contributed by atoms with Gasteiger partial charge in [0.05, 0.1) is 18.2 Å². The van der Waals surface area contributed by atoms with E-state index in [1.54, 1.807) is 12.1 Å². The number of alkyl halides is 1. The molecule has 0 aliphatic carbocycles. The molecule has 0 saturated carbocycles. The molecule has 0 aromatic heterocycles. The first-order chi connectivity index (χ1) is 9.49. The fourth-order valence-corrected chi connectivity index (χ4v) is 2.37. The Hall–Kier alpha value is -1.13. The molecule has 1 aromatic rings. The maximum absolute atomic E-state index is 11.9. The molecular formula is C14H17Cl2NO3. The van der Waals surface area contributed by atoms with Crippen molar-refractivity contribution in [1.82, 2.24) is 5.32 Å². The lowest BCUT2D eigenvalue weighted by Gasteiger charge is -2.16. The topological polar surface area (TPSA) is 47.6 Å². The van der Waals surface area contributed by atoms with E-state index in [0.717, 1.165) is 6.42 Å². The van der Waals surface area contributed by atoms with Gasteiger partial charge in [0.15, 0.2) is 11.5 Å². The number of carbonyl (C=O) groups is 1. The molecule has 0 spiro atoms. The van der Waals surface area contributed by atoms with Crippen LogP contribution in [0.15, 0.2) is 12.1 Å². The second-order valence-corrected chi connectivity index (χ2v) is 5.75. The third-order valence-electron chi connectivity index (χ3n) is 2.78. The molecule has 1 aromatic carbocycles. The summed E-state index contributed by atoms with van der Waals surface area (Å²) in [6.07, 6.45) is 0.790. The zero-order chi connectivity index (χ0) is 14.7. The van der Waals surface area contributed by atoms with Gasteiger partial charge in [0.1, 0.15) is 5.38 Å². The lowest BCUT2D eigenvalue weighted by molar-refractivity contribution is -0.121. The van der Waals surface area contributed by atoms with Crippen molar-refractivity contribution in [2.75, 3.05) is 13.2 Å². The molecule has 1 aliphatic rings. The van der Waals surface area contributed by atoms with Crippen LogP contribution in [0.1, 0.15) is 31.2 Å².